The quantitative estimate of drug-likeness (QED) is 0.882. The minimum atomic E-state index is -1.02. The summed E-state index contributed by atoms with van der Waals surface area (Å²) in [4.78, 5) is 25.0. The summed E-state index contributed by atoms with van der Waals surface area (Å²) in [6.07, 6.45) is 0.695. The van der Waals surface area contributed by atoms with Crippen molar-refractivity contribution in [2.24, 2.45) is 0 Å². The van der Waals surface area contributed by atoms with Gasteiger partial charge >= 0.3 is 5.97 Å². The number of carboxylic acids is 1. The number of hydrogen-bond acceptors (Lipinski definition) is 4. The molecule has 124 valence electrons. The number of carbonyl (C=O) groups is 2. The monoisotopic (exact) mass is 319 g/mol. The first-order valence-corrected chi connectivity index (χ1v) is 7.48. The third-order valence-corrected chi connectivity index (χ3v) is 3.61. The average molecular weight is 319 g/mol. The zero-order chi connectivity index (χ0) is 17.1. The molecule has 0 saturated carbocycles. The zero-order valence-corrected chi connectivity index (χ0v) is 13.8. The van der Waals surface area contributed by atoms with E-state index in [1.54, 1.807) is 19.1 Å². The van der Waals surface area contributed by atoms with Gasteiger partial charge in [0.25, 0.3) is 5.91 Å². The number of amides is 1. The molecule has 2 aromatic rings. The third kappa shape index (κ3) is 3.44. The Morgan fingerprint density at radius 1 is 1.30 bits per heavy atom. The van der Waals surface area contributed by atoms with Gasteiger partial charge in [-0.2, -0.15) is 0 Å². The van der Waals surface area contributed by atoms with E-state index in [0.717, 1.165) is 5.69 Å². The van der Waals surface area contributed by atoms with E-state index in [1.807, 2.05) is 25.3 Å². The highest BCUT2D eigenvalue weighted by atomic mass is 16.5. The van der Waals surface area contributed by atoms with Crippen molar-refractivity contribution in [1.29, 1.82) is 0 Å². The van der Waals surface area contributed by atoms with Crippen molar-refractivity contribution >= 4 is 11.9 Å². The van der Waals surface area contributed by atoms with E-state index in [-0.39, 0.29) is 12.5 Å². The number of hydrogen-bond donors (Lipinski definition) is 1. The van der Waals surface area contributed by atoms with Crippen LogP contribution in [0, 0.1) is 20.8 Å². The van der Waals surface area contributed by atoms with E-state index >= 15 is 0 Å². The highest BCUT2D eigenvalue weighted by Gasteiger charge is 2.23. The van der Waals surface area contributed by atoms with Crippen LogP contribution in [-0.4, -0.2) is 44.7 Å². The van der Waals surface area contributed by atoms with Gasteiger partial charge in [-0.3, -0.25) is 14.2 Å². The molecule has 1 N–H and O–H groups in total. The number of aromatic nitrogens is 2. The van der Waals surface area contributed by atoms with Gasteiger partial charge in [0, 0.05) is 24.0 Å². The second-order valence-corrected chi connectivity index (χ2v) is 5.54. The Morgan fingerprint density at radius 3 is 2.52 bits per heavy atom. The van der Waals surface area contributed by atoms with Crippen LogP contribution in [0.3, 0.4) is 0 Å². The molecular formula is C16H21N3O4. The predicted octanol–water partition coefficient (Wildman–Crippen LogP) is 2.33. The summed E-state index contributed by atoms with van der Waals surface area (Å²) in [7, 11) is 0. The minimum Gasteiger partial charge on any atom is -0.480 e. The van der Waals surface area contributed by atoms with E-state index in [2.05, 4.69) is 5.16 Å². The Morgan fingerprint density at radius 2 is 2.00 bits per heavy atom. The van der Waals surface area contributed by atoms with Gasteiger partial charge in [0.2, 0.25) is 0 Å². The summed E-state index contributed by atoms with van der Waals surface area (Å²) in [6, 6.07) is 3.54. The van der Waals surface area contributed by atoms with Gasteiger partial charge in [0.15, 0.2) is 5.82 Å². The molecule has 0 aliphatic carbocycles. The molecule has 0 aliphatic heterocycles. The van der Waals surface area contributed by atoms with Crippen LogP contribution in [0.4, 0.5) is 0 Å². The molecule has 1 amide bonds. The van der Waals surface area contributed by atoms with Gasteiger partial charge in [-0.1, -0.05) is 12.1 Å². The largest absolute Gasteiger partial charge is 0.480 e. The first-order chi connectivity index (χ1) is 10.8. The van der Waals surface area contributed by atoms with Crippen molar-refractivity contribution in [2.45, 2.75) is 34.1 Å². The van der Waals surface area contributed by atoms with Gasteiger partial charge in [-0.05, 0) is 33.3 Å². The van der Waals surface area contributed by atoms with Crippen molar-refractivity contribution in [3.8, 4) is 5.82 Å². The Hall–Kier alpha value is -2.57. The van der Waals surface area contributed by atoms with E-state index in [9.17, 15) is 9.59 Å². The Kier molecular flexibility index (Phi) is 4.88. The molecule has 7 heteroatoms. The van der Waals surface area contributed by atoms with Gasteiger partial charge in [-0.15, -0.1) is 0 Å². The van der Waals surface area contributed by atoms with Gasteiger partial charge in [0.05, 0.1) is 5.56 Å². The van der Waals surface area contributed by atoms with E-state index < -0.39 is 5.97 Å². The molecule has 2 aromatic heterocycles. The molecule has 0 fully saturated rings. The Balaban J connectivity index is 2.40. The lowest BCUT2D eigenvalue weighted by Crippen LogP contribution is -2.36. The molecule has 0 aliphatic rings. The van der Waals surface area contributed by atoms with Gasteiger partial charge in [0.1, 0.15) is 12.3 Å². The summed E-state index contributed by atoms with van der Waals surface area (Å²) >= 11 is 0. The molecule has 0 bridgehead atoms. The van der Waals surface area contributed by atoms with Crippen molar-refractivity contribution < 1.29 is 19.2 Å². The van der Waals surface area contributed by atoms with Crippen LogP contribution in [0.2, 0.25) is 0 Å². The summed E-state index contributed by atoms with van der Waals surface area (Å²) < 4.78 is 6.92. The molecule has 0 aromatic carbocycles. The number of carboxylic acid groups (broad SMARTS) is 1. The second kappa shape index (κ2) is 6.68. The topological polar surface area (TPSA) is 88.6 Å². The number of rotatable bonds is 6. The van der Waals surface area contributed by atoms with E-state index in [4.69, 9.17) is 9.63 Å². The average Bonchev–Trinajstić information content (AvgIpc) is 3.00. The molecule has 0 atom stereocenters. The van der Waals surface area contributed by atoms with Crippen LogP contribution >= 0.6 is 0 Å². The molecule has 2 heterocycles. The fourth-order valence-corrected chi connectivity index (χ4v) is 2.65. The van der Waals surface area contributed by atoms with E-state index in [1.165, 1.54) is 4.90 Å². The first kappa shape index (κ1) is 16.8. The number of aliphatic carboxylic acids is 1. The zero-order valence-electron chi connectivity index (χ0n) is 13.8. The van der Waals surface area contributed by atoms with Crippen molar-refractivity contribution in [1.82, 2.24) is 14.6 Å². The van der Waals surface area contributed by atoms with Crippen molar-refractivity contribution in [3.05, 3.63) is 34.8 Å². The van der Waals surface area contributed by atoms with Crippen LogP contribution in [0.25, 0.3) is 5.82 Å². The second-order valence-electron chi connectivity index (χ2n) is 5.54. The summed E-state index contributed by atoms with van der Waals surface area (Å²) in [6.45, 7) is 7.48. The van der Waals surface area contributed by atoms with Crippen LogP contribution in [0.15, 0.2) is 16.7 Å². The predicted molar refractivity (Wildman–Crippen MR) is 83.9 cm³/mol. The maximum Gasteiger partial charge on any atom is 0.323 e. The van der Waals surface area contributed by atoms with Crippen LogP contribution < -0.4 is 0 Å². The van der Waals surface area contributed by atoms with Gasteiger partial charge in [-0.25, -0.2) is 0 Å². The summed E-state index contributed by atoms with van der Waals surface area (Å²) in [5.74, 6) is -0.0164. The maximum atomic E-state index is 12.7. The lowest BCUT2D eigenvalue weighted by Gasteiger charge is -2.20. The Labute approximate surface area is 134 Å². The lowest BCUT2D eigenvalue weighted by atomic mass is 10.2. The molecule has 0 unspecified atom stereocenters. The fourth-order valence-electron chi connectivity index (χ4n) is 2.65. The van der Waals surface area contributed by atoms with Crippen LogP contribution in [-0.2, 0) is 4.79 Å². The standard InChI is InChI=1S/C16H21N3O4/c1-5-6-18(9-15(20)21)16(22)13-7-10(2)19(12(13)4)14-8-11(3)23-17-14/h7-8H,5-6,9H2,1-4H3,(H,20,21). The Bertz CT molecular complexity index is 730. The fraction of sp³-hybridized carbons (Fsp3) is 0.438. The van der Waals surface area contributed by atoms with Crippen molar-refractivity contribution in [3.63, 3.8) is 0 Å². The molecule has 23 heavy (non-hydrogen) atoms. The molecular weight excluding hydrogens is 298 g/mol. The number of carbonyl (C=O) groups excluding carboxylic acids is 1. The number of nitrogens with zero attached hydrogens (tertiary/aromatic N) is 3. The third-order valence-electron chi connectivity index (χ3n) is 3.61. The van der Waals surface area contributed by atoms with Crippen LogP contribution in [0.1, 0.15) is 40.9 Å². The normalized spacial score (nSPS) is 10.8. The first-order valence-electron chi connectivity index (χ1n) is 7.48. The van der Waals surface area contributed by atoms with E-state index in [0.29, 0.717) is 35.8 Å². The summed E-state index contributed by atoms with van der Waals surface area (Å²) in [5.41, 5.74) is 2.04. The summed E-state index contributed by atoms with van der Waals surface area (Å²) in [5, 5.41) is 13.0. The smallest absolute Gasteiger partial charge is 0.323 e. The molecule has 0 saturated heterocycles. The highest BCUT2D eigenvalue weighted by molar-refractivity contribution is 5.97. The van der Waals surface area contributed by atoms with Crippen LogP contribution in [0.5, 0.6) is 0 Å². The SMILES string of the molecule is CCCN(CC(=O)O)C(=O)c1cc(C)n(-c2cc(C)on2)c1C. The van der Waals surface area contributed by atoms with Crippen molar-refractivity contribution in [2.75, 3.05) is 13.1 Å². The molecule has 0 spiro atoms. The minimum absolute atomic E-state index is 0.284. The number of aryl methyl sites for hydroxylation is 2. The molecule has 0 radical (unpaired) electrons. The molecule has 2 rings (SSSR count). The molecule has 7 nitrogen and oxygen atoms in total. The van der Waals surface area contributed by atoms with Gasteiger partial charge < -0.3 is 14.5 Å². The lowest BCUT2D eigenvalue weighted by molar-refractivity contribution is -0.137. The maximum absolute atomic E-state index is 12.7. The highest BCUT2D eigenvalue weighted by Crippen LogP contribution is 2.22.